The Morgan fingerprint density at radius 1 is 1.42 bits per heavy atom. The second-order valence-electron chi connectivity index (χ2n) is 3.94. The molecule has 0 atom stereocenters. The Morgan fingerprint density at radius 3 is 2.79 bits per heavy atom. The third-order valence-corrected chi connectivity index (χ3v) is 2.39. The van der Waals surface area contributed by atoms with Crippen LogP contribution in [0.4, 0.5) is 4.79 Å². The minimum Gasteiger partial charge on any atom is -0.445 e. The number of carbonyl (C=O) groups excluding carboxylic acids is 1. The highest BCUT2D eigenvalue weighted by atomic mass is 16.6. The zero-order valence-electron chi connectivity index (χ0n) is 10.3. The number of amides is 1. The SMILES string of the molecule is CN(Cc1noc(=O)[nH]1)C(=O)OCc1ccccc1. The zero-order chi connectivity index (χ0) is 13.7. The molecule has 0 bridgehead atoms. The van der Waals surface area contributed by atoms with Gasteiger partial charge >= 0.3 is 11.8 Å². The van der Waals surface area contributed by atoms with E-state index >= 15 is 0 Å². The molecule has 7 heteroatoms. The number of aromatic amines is 1. The van der Waals surface area contributed by atoms with Crippen LogP contribution in [0.2, 0.25) is 0 Å². The monoisotopic (exact) mass is 263 g/mol. The third kappa shape index (κ3) is 3.70. The summed E-state index contributed by atoms with van der Waals surface area (Å²) in [5, 5.41) is 3.46. The minimum absolute atomic E-state index is 0.110. The Labute approximate surface area is 108 Å². The van der Waals surface area contributed by atoms with E-state index in [2.05, 4.69) is 14.7 Å². The van der Waals surface area contributed by atoms with Crippen LogP contribution in [-0.4, -0.2) is 28.2 Å². The van der Waals surface area contributed by atoms with E-state index in [-0.39, 0.29) is 19.0 Å². The summed E-state index contributed by atoms with van der Waals surface area (Å²) in [5.41, 5.74) is 0.902. The lowest BCUT2D eigenvalue weighted by Gasteiger charge is -2.15. The fourth-order valence-electron chi connectivity index (χ4n) is 1.45. The number of nitrogens with one attached hydrogen (secondary N) is 1. The quantitative estimate of drug-likeness (QED) is 0.893. The Hall–Kier alpha value is -2.57. The molecule has 0 aliphatic heterocycles. The van der Waals surface area contributed by atoms with Gasteiger partial charge in [-0.15, -0.1) is 0 Å². The second kappa shape index (κ2) is 5.85. The summed E-state index contributed by atoms with van der Waals surface area (Å²) < 4.78 is 9.44. The fraction of sp³-hybridized carbons (Fsp3) is 0.250. The first-order valence-corrected chi connectivity index (χ1v) is 5.62. The second-order valence-corrected chi connectivity index (χ2v) is 3.94. The molecule has 0 aliphatic rings. The average molecular weight is 263 g/mol. The zero-order valence-corrected chi connectivity index (χ0v) is 10.3. The summed E-state index contributed by atoms with van der Waals surface area (Å²) >= 11 is 0. The topological polar surface area (TPSA) is 88.4 Å². The van der Waals surface area contributed by atoms with Crippen LogP contribution in [0.3, 0.4) is 0 Å². The molecule has 0 saturated heterocycles. The number of carbonyl (C=O) groups is 1. The van der Waals surface area contributed by atoms with Crippen LogP contribution in [-0.2, 0) is 17.9 Å². The number of rotatable bonds is 4. The van der Waals surface area contributed by atoms with Crippen molar-refractivity contribution in [3.8, 4) is 0 Å². The van der Waals surface area contributed by atoms with E-state index in [1.165, 1.54) is 4.90 Å². The molecule has 0 saturated carbocycles. The van der Waals surface area contributed by atoms with Gasteiger partial charge in [-0.05, 0) is 5.56 Å². The van der Waals surface area contributed by atoms with Gasteiger partial charge in [0.25, 0.3) is 0 Å². The maximum atomic E-state index is 11.7. The van der Waals surface area contributed by atoms with Gasteiger partial charge in [0.05, 0.1) is 6.54 Å². The average Bonchev–Trinajstić information content (AvgIpc) is 2.82. The molecule has 1 N–H and O–H groups in total. The first-order valence-electron chi connectivity index (χ1n) is 5.62. The summed E-state index contributed by atoms with van der Waals surface area (Å²) in [6.45, 7) is 0.304. The molecule has 0 fully saturated rings. The summed E-state index contributed by atoms with van der Waals surface area (Å²) in [5.74, 6) is -0.384. The molecule has 2 rings (SSSR count). The maximum absolute atomic E-state index is 11.7. The predicted octanol–water partition coefficient (Wildman–Crippen LogP) is 1.13. The van der Waals surface area contributed by atoms with E-state index in [9.17, 15) is 9.59 Å². The van der Waals surface area contributed by atoms with Crippen molar-refractivity contribution in [2.24, 2.45) is 0 Å². The van der Waals surface area contributed by atoms with Crippen molar-refractivity contribution < 1.29 is 14.1 Å². The van der Waals surface area contributed by atoms with Gasteiger partial charge in [0.2, 0.25) is 0 Å². The summed E-state index contributed by atoms with van der Waals surface area (Å²) in [6.07, 6.45) is -0.507. The molecule has 1 heterocycles. The Balaban J connectivity index is 1.84. The molecule has 1 amide bonds. The minimum atomic E-state index is -0.652. The number of nitrogens with zero attached hydrogens (tertiary/aromatic N) is 2. The lowest BCUT2D eigenvalue weighted by atomic mass is 10.2. The van der Waals surface area contributed by atoms with Crippen molar-refractivity contribution in [3.05, 3.63) is 52.3 Å². The van der Waals surface area contributed by atoms with Gasteiger partial charge in [-0.3, -0.25) is 9.51 Å². The molecular formula is C12H13N3O4. The molecule has 0 unspecified atom stereocenters. The number of ether oxygens (including phenoxy) is 1. The number of hydrogen-bond donors (Lipinski definition) is 1. The number of hydrogen-bond acceptors (Lipinski definition) is 5. The smallest absolute Gasteiger partial charge is 0.438 e. The summed E-state index contributed by atoms with van der Waals surface area (Å²) in [6, 6.07) is 9.35. The van der Waals surface area contributed by atoms with Gasteiger partial charge < -0.3 is 9.64 Å². The van der Waals surface area contributed by atoms with Gasteiger partial charge in [0, 0.05) is 7.05 Å². The molecule has 19 heavy (non-hydrogen) atoms. The lowest BCUT2D eigenvalue weighted by Crippen LogP contribution is -2.27. The number of aromatic nitrogens is 2. The number of benzene rings is 1. The van der Waals surface area contributed by atoms with Crippen molar-refractivity contribution in [2.75, 3.05) is 7.05 Å². The van der Waals surface area contributed by atoms with Crippen molar-refractivity contribution in [1.29, 1.82) is 0 Å². The molecule has 7 nitrogen and oxygen atoms in total. The molecule has 1 aromatic carbocycles. The van der Waals surface area contributed by atoms with Crippen molar-refractivity contribution in [3.63, 3.8) is 0 Å². The number of H-pyrrole nitrogens is 1. The van der Waals surface area contributed by atoms with Crippen LogP contribution in [0.15, 0.2) is 39.6 Å². The Kier molecular flexibility index (Phi) is 3.97. The van der Waals surface area contributed by atoms with E-state index in [0.717, 1.165) is 5.56 Å². The highest BCUT2D eigenvalue weighted by Crippen LogP contribution is 2.03. The standard InChI is InChI=1S/C12H13N3O4/c1-15(7-10-13-11(16)19-14-10)12(17)18-8-9-5-3-2-4-6-9/h2-6H,7-8H2,1H3,(H,13,14,16). The predicted molar refractivity (Wildman–Crippen MR) is 65.2 cm³/mol. The highest BCUT2D eigenvalue weighted by Gasteiger charge is 2.13. The Morgan fingerprint density at radius 2 is 2.16 bits per heavy atom. The van der Waals surface area contributed by atoms with Crippen molar-refractivity contribution in [1.82, 2.24) is 15.0 Å². The first kappa shape index (κ1) is 12.9. The molecule has 0 spiro atoms. The lowest BCUT2D eigenvalue weighted by molar-refractivity contribution is 0.102. The van der Waals surface area contributed by atoms with Crippen LogP contribution >= 0.6 is 0 Å². The maximum Gasteiger partial charge on any atom is 0.438 e. The van der Waals surface area contributed by atoms with Crippen molar-refractivity contribution >= 4 is 6.09 Å². The van der Waals surface area contributed by atoms with Crippen LogP contribution < -0.4 is 5.76 Å². The van der Waals surface area contributed by atoms with Crippen molar-refractivity contribution in [2.45, 2.75) is 13.2 Å². The van der Waals surface area contributed by atoms with Gasteiger partial charge in [0.15, 0.2) is 5.82 Å². The molecule has 0 radical (unpaired) electrons. The molecule has 100 valence electrons. The molecule has 2 aromatic rings. The third-order valence-electron chi connectivity index (χ3n) is 2.39. The summed E-state index contributed by atoms with van der Waals surface area (Å²) in [7, 11) is 1.54. The molecule has 1 aromatic heterocycles. The largest absolute Gasteiger partial charge is 0.445 e. The van der Waals surface area contributed by atoms with Crippen LogP contribution in [0.5, 0.6) is 0 Å². The fourth-order valence-corrected chi connectivity index (χ4v) is 1.45. The summed E-state index contributed by atoms with van der Waals surface area (Å²) in [4.78, 5) is 26.1. The van der Waals surface area contributed by atoms with Gasteiger partial charge in [0.1, 0.15) is 6.61 Å². The van der Waals surface area contributed by atoms with E-state index in [0.29, 0.717) is 0 Å². The van der Waals surface area contributed by atoms with E-state index in [1.807, 2.05) is 30.3 Å². The van der Waals surface area contributed by atoms with E-state index in [1.54, 1.807) is 7.05 Å². The molecular weight excluding hydrogens is 250 g/mol. The van der Waals surface area contributed by atoms with Gasteiger partial charge in [-0.25, -0.2) is 9.59 Å². The van der Waals surface area contributed by atoms with Crippen LogP contribution in [0.25, 0.3) is 0 Å². The van der Waals surface area contributed by atoms with Gasteiger partial charge in [-0.1, -0.05) is 35.5 Å². The normalized spacial score (nSPS) is 10.2. The van der Waals surface area contributed by atoms with E-state index < -0.39 is 11.8 Å². The van der Waals surface area contributed by atoms with Gasteiger partial charge in [-0.2, -0.15) is 0 Å². The first-order chi connectivity index (χ1) is 9.15. The van der Waals surface area contributed by atoms with Crippen LogP contribution in [0.1, 0.15) is 11.4 Å². The van der Waals surface area contributed by atoms with Crippen LogP contribution in [0, 0.1) is 0 Å². The highest BCUT2D eigenvalue weighted by molar-refractivity contribution is 5.67. The Bertz CT molecular complexity index is 590. The molecule has 0 aliphatic carbocycles. The van der Waals surface area contributed by atoms with E-state index in [4.69, 9.17) is 4.74 Å².